The summed E-state index contributed by atoms with van der Waals surface area (Å²) in [5.41, 5.74) is 1.88. The van der Waals surface area contributed by atoms with Crippen molar-refractivity contribution < 1.29 is 4.39 Å². The van der Waals surface area contributed by atoms with Crippen LogP contribution in [0, 0.1) is 11.3 Å². The van der Waals surface area contributed by atoms with E-state index in [0.29, 0.717) is 33.4 Å². The average Bonchev–Trinajstić information content (AvgIpc) is 3.10. The maximum Gasteiger partial charge on any atom is 0.139 e. The van der Waals surface area contributed by atoms with Crippen molar-refractivity contribution in [1.29, 1.82) is 5.26 Å². The number of nitrogens with one attached hydrogen (secondary N) is 1. The van der Waals surface area contributed by atoms with Crippen LogP contribution >= 0.6 is 11.6 Å². The molecule has 0 fully saturated rings. The van der Waals surface area contributed by atoms with E-state index in [1.54, 1.807) is 41.3 Å². The number of halogens is 2. The summed E-state index contributed by atoms with van der Waals surface area (Å²) in [5.74, 6) is 0.902. The number of para-hydroxylation sites is 1. The minimum Gasteiger partial charge on any atom is -0.325 e. The molecule has 28 heavy (non-hydrogen) atoms. The van der Waals surface area contributed by atoms with Gasteiger partial charge in [-0.3, -0.25) is 0 Å². The van der Waals surface area contributed by atoms with Gasteiger partial charge in [-0.15, -0.1) is 0 Å². The lowest BCUT2D eigenvalue weighted by molar-refractivity contribution is 0.365. The Kier molecular flexibility index (Phi) is 4.59. The number of alkyl halides is 1. The van der Waals surface area contributed by atoms with Crippen molar-refractivity contribution in [2.24, 2.45) is 0 Å². The fourth-order valence-corrected chi connectivity index (χ4v) is 3.03. The van der Waals surface area contributed by atoms with Crippen LogP contribution in [0.2, 0.25) is 5.02 Å². The smallest absolute Gasteiger partial charge is 0.139 e. The molecule has 9 heteroatoms. The Bertz CT molecular complexity index is 1210. The molecule has 7 nitrogen and oxygen atoms in total. The first-order chi connectivity index (χ1) is 13.6. The Morgan fingerprint density at radius 3 is 2.79 bits per heavy atom. The van der Waals surface area contributed by atoms with Gasteiger partial charge in [-0.1, -0.05) is 17.7 Å². The summed E-state index contributed by atoms with van der Waals surface area (Å²) in [5, 5.41) is 18.0. The monoisotopic (exact) mass is 393 g/mol. The van der Waals surface area contributed by atoms with E-state index in [2.05, 4.69) is 31.4 Å². The van der Waals surface area contributed by atoms with Gasteiger partial charge in [-0.05, 0) is 19.1 Å². The Morgan fingerprint density at radius 1 is 1.18 bits per heavy atom. The van der Waals surface area contributed by atoms with Crippen LogP contribution in [0.15, 0.2) is 49.1 Å². The maximum atomic E-state index is 13.5. The lowest BCUT2D eigenvalue weighted by Gasteiger charge is -2.10. The van der Waals surface area contributed by atoms with Gasteiger partial charge in [-0.25, -0.2) is 24.0 Å². The molecule has 0 saturated carbocycles. The van der Waals surface area contributed by atoms with E-state index < -0.39 is 6.17 Å². The molecule has 0 bridgehead atoms. The summed E-state index contributed by atoms with van der Waals surface area (Å²) < 4.78 is 15.1. The molecule has 3 heterocycles. The molecule has 0 aliphatic carbocycles. The van der Waals surface area contributed by atoms with Gasteiger partial charge in [0.15, 0.2) is 0 Å². The normalized spacial score (nSPS) is 11.9. The van der Waals surface area contributed by atoms with Crippen LogP contribution in [0.25, 0.3) is 16.6 Å². The number of anilines is 2. The van der Waals surface area contributed by atoms with Gasteiger partial charge in [0, 0.05) is 23.7 Å². The van der Waals surface area contributed by atoms with Crippen molar-refractivity contribution in [1.82, 2.24) is 24.7 Å². The molecule has 0 aliphatic heterocycles. The van der Waals surface area contributed by atoms with E-state index in [-0.39, 0.29) is 5.69 Å². The average molecular weight is 394 g/mol. The predicted molar refractivity (Wildman–Crippen MR) is 103 cm³/mol. The van der Waals surface area contributed by atoms with E-state index in [9.17, 15) is 9.65 Å². The molecular weight excluding hydrogens is 381 g/mol. The van der Waals surface area contributed by atoms with Gasteiger partial charge in [0.2, 0.25) is 0 Å². The third-order valence-corrected chi connectivity index (χ3v) is 4.43. The van der Waals surface area contributed by atoms with E-state index >= 15 is 0 Å². The molecule has 0 amide bonds. The molecule has 0 saturated heterocycles. The zero-order valence-corrected chi connectivity index (χ0v) is 15.4. The highest BCUT2D eigenvalue weighted by Gasteiger charge is 2.14. The topological polar surface area (TPSA) is 92.3 Å². The Hall–Kier alpha value is -3.57. The van der Waals surface area contributed by atoms with Crippen molar-refractivity contribution in [3.05, 3.63) is 65.3 Å². The number of benzene rings is 1. The van der Waals surface area contributed by atoms with Gasteiger partial charge in [0.1, 0.15) is 35.9 Å². The second-order valence-electron chi connectivity index (χ2n) is 6.00. The molecule has 1 unspecified atom stereocenters. The summed E-state index contributed by atoms with van der Waals surface area (Å²) in [4.78, 5) is 12.3. The second kappa shape index (κ2) is 7.21. The fourth-order valence-electron chi connectivity index (χ4n) is 2.78. The zero-order valence-electron chi connectivity index (χ0n) is 14.6. The van der Waals surface area contributed by atoms with Crippen molar-refractivity contribution in [3.8, 4) is 11.8 Å². The molecule has 4 rings (SSSR count). The van der Waals surface area contributed by atoms with Crippen molar-refractivity contribution in [2.45, 2.75) is 13.1 Å². The summed E-state index contributed by atoms with van der Waals surface area (Å²) in [7, 11) is 0. The third-order valence-electron chi connectivity index (χ3n) is 4.12. The minimum atomic E-state index is -1.20. The molecule has 3 aromatic heterocycles. The molecular formula is C19H13ClFN7. The van der Waals surface area contributed by atoms with Crippen molar-refractivity contribution in [2.75, 3.05) is 5.32 Å². The van der Waals surface area contributed by atoms with Crippen molar-refractivity contribution in [3.63, 3.8) is 0 Å². The molecule has 0 radical (unpaired) electrons. The van der Waals surface area contributed by atoms with Crippen LogP contribution < -0.4 is 5.32 Å². The number of hydrogen-bond acceptors (Lipinski definition) is 6. The van der Waals surface area contributed by atoms with Gasteiger partial charge in [0.25, 0.3) is 0 Å². The summed E-state index contributed by atoms with van der Waals surface area (Å²) >= 11 is 6.32. The van der Waals surface area contributed by atoms with E-state index in [1.165, 1.54) is 19.3 Å². The van der Waals surface area contributed by atoms with Gasteiger partial charge in [-0.2, -0.15) is 10.4 Å². The quantitative estimate of drug-likeness (QED) is 0.548. The first-order valence-corrected chi connectivity index (χ1v) is 8.70. The van der Waals surface area contributed by atoms with E-state index in [0.717, 1.165) is 5.39 Å². The first-order valence-electron chi connectivity index (χ1n) is 8.32. The number of nitriles is 1. The van der Waals surface area contributed by atoms with E-state index in [4.69, 9.17) is 11.6 Å². The maximum absolute atomic E-state index is 13.5. The highest BCUT2D eigenvalue weighted by Crippen LogP contribution is 2.28. The van der Waals surface area contributed by atoms with Crippen LogP contribution in [0.1, 0.15) is 24.4 Å². The van der Waals surface area contributed by atoms with Crippen LogP contribution in [-0.2, 0) is 0 Å². The number of pyridine rings is 1. The van der Waals surface area contributed by atoms with Crippen LogP contribution in [-0.4, -0.2) is 24.7 Å². The van der Waals surface area contributed by atoms with Gasteiger partial charge in [0.05, 0.1) is 28.0 Å². The van der Waals surface area contributed by atoms with Gasteiger partial charge >= 0.3 is 0 Å². The largest absolute Gasteiger partial charge is 0.325 e. The molecule has 0 spiro atoms. The second-order valence-corrected chi connectivity index (χ2v) is 6.41. The Balaban J connectivity index is 1.78. The van der Waals surface area contributed by atoms with Crippen molar-refractivity contribution >= 4 is 34.1 Å². The molecule has 1 atom stereocenters. The summed E-state index contributed by atoms with van der Waals surface area (Å²) in [6.45, 7) is 1.41. The number of nitrogens with zero attached hydrogens (tertiary/aromatic N) is 6. The number of fused-ring (bicyclic) bond motifs is 1. The van der Waals surface area contributed by atoms with Crippen LogP contribution in [0.4, 0.5) is 16.0 Å². The summed E-state index contributed by atoms with van der Waals surface area (Å²) in [6.07, 6.45) is 3.37. The van der Waals surface area contributed by atoms with E-state index in [1.807, 2.05) is 0 Å². The Morgan fingerprint density at radius 2 is 2.00 bits per heavy atom. The zero-order chi connectivity index (χ0) is 19.7. The highest BCUT2D eigenvalue weighted by molar-refractivity contribution is 6.32. The third kappa shape index (κ3) is 3.23. The summed E-state index contributed by atoms with van der Waals surface area (Å²) in [6, 6.07) is 10.5. The first kappa shape index (κ1) is 17.8. The van der Waals surface area contributed by atoms with Gasteiger partial charge < -0.3 is 5.32 Å². The molecule has 4 aromatic rings. The number of rotatable bonds is 4. The van der Waals surface area contributed by atoms with Crippen LogP contribution in [0.3, 0.4) is 0 Å². The molecule has 1 aromatic carbocycles. The number of hydrogen-bond donors (Lipinski definition) is 1. The predicted octanol–water partition coefficient (Wildman–Crippen LogP) is 4.51. The Labute approximate surface area is 164 Å². The molecule has 1 N–H and O–H groups in total. The highest BCUT2D eigenvalue weighted by atomic mass is 35.5. The lowest BCUT2D eigenvalue weighted by atomic mass is 10.2. The van der Waals surface area contributed by atoms with Crippen LogP contribution in [0.5, 0.6) is 0 Å². The molecule has 138 valence electrons. The fraction of sp³-hybridized carbons (Fsp3) is 0.105. The lowest BCUT2D eigenvalue weighted by Crippen LogP contribution is -2.02. The minimum absolute atomic E-state index is 0.276. The standard InChI is InChI=1S/C19H13ClFN7/c1-11(21)15-5-17(25-10-24-15)27-18-6-16-13(8-23-18)9-26-28(16)19-12(7-22)3-2-4-14(19)20/h2-6,8-11H,1H3,(H,23,24,25,27). The number of aromatic nitrogens is 5. The SMILES string of the molecule is CC(F)c1cc(Nc2cc3c(cn2)cnn3-c2c(Cl)cccc2C#N)ncn1. The molecule has 0 aliphatic rings.